The van der Waals surface area contributed by atoms with Crippen molar-refractivity contribution >= 4 is 23.0 Å². The fourth-order valence-corrected chi connectivity index (χ4v) is 3.36. The molecule has 0 atom stereocenters. The van der Waals surface area contributed by atoms with Crippen LogP contribution >= 0.6 is 11.9 Å². The van der Waals surface area contributed by atoms with Gasteiger partial charge in [-0.15, -0.1) is 0 Å². The molecule has 0 unspecified atom stereocenters. The van der Waals surface area contributed by atoms with Gasteiger partial charge in [0.1, 0.15) is 0 Å². The fourth-order valence-electron chi connectivity index (χ4n) is 2.66. The lowest BCUT2D eigenvalue weighted by Gasteiger charge is -2.06. The lowest BCUT2D eigenvalue weighted by Crippen LogP contribution is -2.15. The first-order valence-electron chi connectivity index (χ1n) is 8.63. The van der Waals surface area contributed by atoms with E-state index >= 15 is 0 Å². The van der Waals surface area contributed by atoms with Crippen LogP contribution in [0.2, 0.25) is 0 Å². The van der Waals surface area contributed by atoms with Crippen LogP contribution in [0, 0.1) is 11.8 Å². The Morgan fingerprint density at radius 2 is 1.81 bits per heavy atom. The van der Waals surface area contributed by atoms with Crippen molar-refractivity contribution < 1.29 is 4.42 Å². The molecule has 0 aliphatic rings. The fraction of sp³-hybridized carbons (Fsp3) is 0.300. The van der Waals surface area contributed by atoms with Crippen LogP contribution < -0.4 is 15.8 Å². The van der Waals surface area contributed by atoms with E-state index < -0.39 is 0 Å². The Morgan fingerprint density at radius 3 is 2.52 bits per heavy atom. The Balaban J connectivity index is 0.00000126. The van der Waals surface area contributed by atoms with Crippen molar-refractivity contribution in [2.45, 2.75) is 6.42 Å². The van der Waals surface area contributed by atoms with Gasteiger partial charge >= 0.3 is 5.76 Å². The van der Waals surface area contributed by atoms with E-state index in [9.17, 15) is 4.79 Å². The first kappa shape index (κ1) is 20.8. The molecule has 1 aromatic heterocycles. The average molecular weight is 385 g/mol. The summed E-state index contributed by atoms with van der Waals surface area (Å²) in [6, 6.07) is 14.4. The standard InChI is InChI=1S/C19H23N3O2S.CHN/c1-20-11-12-25-21-10-9-14-3-5-15(6-4-14)16-7-8-18-17(13-16)22(2)19(23)24-18;1-2/h3-8,13,20-21H,9-12H2,1-2H3;1H. The van der Waals surface area contributed by atoms with Gasteiger partial charge in [-0.25, -0.2) is 10.1 Å². The number of hydrogen-bond donors (Lipinski definition) is 2. The third kappa shape index (κ3) is 5.47. The highest BCUT2D eigenvalue weighted by atomic mass is 32.2. The molecule has 3 aromatic rings. The number of nitrogens with zero attached hydrogens (tertiary/aromatic N) is 2. The molecule has 3 rings (SSSR count). The SMILES string of the molecule is C#N.CNCCSNCCc1ccc(-c2ccc3oc(=O)n(C)c3c2)cc1. The second kappa shape index (κ2) is 10.6. The normalized spacial score (nSPS) is 10.5. The van der Waals surface area contributed by atoms with Gasteiger partial charge in [0.2, 0.25) is 0 Å². The van der Waals surface area contributed by atoms with Crippen LogP contribution in [-0.4, -0.2) is 30.5 Å². The summed E-state index contributed by atoms with van der Waals surface area (Å²) in [5.41, 5.74) is 4.96. The van der Waals surface area contributed by atoms with Gasteiger partial charge in [-0.2, -0.15) is 0 Å². The monoisotopic (exact) mass is 384 g/mol. The van der Waals surface area contributed by atoms with Gasteiger partial charge in [0, 0.05) is 32.5 Å². The Kier molecular flexibility index (Phi) is 8.14. The van der Waals surface area contributed by atoms with Crippen LogP contribution in [0.25, 0.3) is 22.2 Å². The van der Waals surface area contributed by atoms with Crippen LogP contribution in [0.5, 0.6) is 0 Å². The van der Waals surface area contributed by atoms with E-state index in [0.29, 0.717) is 5.58 Å². The molecule has 2 aromatic carbocycles. The number of rotatable bonds is 8. The van der Waals surface area contributed by atoms with Gasteiger partial charge in [0.05, 0.1) is 5.52 Å². The Hall–Kier alpha value is -2.53. The second-order valence-electron chi connectivity index (χ2n) is 5.90. The molecule has 1 heterocycles. The molecule has 6 nitrogen and oxygen atoms in total. The third-order valence-corrected chi connectivity index (χ3v) is 4.97. The summed E-state index contributed by atoms with van der Waals surface area (Å²) in [6.45, 7) is 5.47. The highest BCUT2D eigenvalue weighted by molar-refractivity contribution is 7.97. The van der Waals surface area contributed by atoms with Crippen molar-refractivity contribution in [2.75, 3.05) is 25.9 Å². The summed E-state index contributed by atoms with van der Waals surface area (Å²) in [6.07, 6.45) is 1.00. The number of hydrogen-bond acceptors (Lipinski definition) is 6. The zero-order valence-corrected chi connectivity index (χ0v) is 16.4. The zero-order chi connectivity index (χ0) is 19.6. The van der Waals surface area contributed by atoms with Gasteiger partial charge in [0.25, 0.3) is 0 Å². The van der Waals surface area contributed by atoms with Crippen molar-refractivity contribution in [2.24, 2.45) is 7.05 Å². The summed E-state index contributed by atoms with van der Waals surface area (Å²) in [5, 5.41) is 9.63. The maximum absolute atomic E-state index is 11.6. The van der Waals surface area contributed by atoms with Crippen molar-refractivity contribution in [1.29, 1.82) is 5.26 Å². The molecular formula is C20H24N4O2S. The third-order valence-electron chi connectivity index (χ3n) is 4.15. The predicted octanol–water partition coefficient (Wildman–Crippen LogP) is 2.94. The molecule has 7 heteroatoms. The highest BCUT2D eigenvalue weighted by Gasteiger charge is 2.07. The average Bonchev–Trinajstić information content (AvgIpc) is 3.00. The number of fused-ring (bicyclic) bond motifs is 1. The molecule has 0 saturated carbocycles. The second-order valence-corrected chi connectivity index (χ2v) is 6.89. The molecule has 0 aliphatic heterocycles. The number of nitrogens with one attached hydrogen (secondary N) is 2. The Labute approximate surface area is 163 Å². The van der Waals surface area contributed by atoms with Gasteiger partial charge in [-0.05, 0) is 42.3 Å². The molecule has 142 valence electrons. The molecule has 0 radical (unpaired) electrons. The van der Waals surface area contributed by atoms with E-state index in [1.807, 2.05) is 25.2 Å². The smallest absolute Gasteiger partial charge is 0.408 e. The first-order chi connectivity index (χ1) is 13.2. The van der Waals surface area contributed by atoms with Gasteiger partial charge in [-0.1, -0.05) is 42.3 Å². The van der Waals surface area contributed by atoms with Crippen molar-refractivity contribution in [1.82, 2.24) is 14.6 Å². The van der Waals surface area contributed by atoms with E-state index in [4.69, 9.17) is 9.68 Å². The lowest BCUT2D eigenvalue weighted by molar-refractivity contribution is 0.528. The maximum Gasteiger partial charge on any atom is 0.419 e. The molecular weight excluding hydrogens is 360 g/mol. The number of oxazole rings is 1. The van der Waals surface area contributed by atoms with Crippen molar-refractivity contribution in [3.05, 3.63) is 58.6 Å². The minimum atomic E-state index is -0.331. The molecule has 0 saturated heterocycles. The van der Waals surface area contributed by atoms with E-state index in [2.05, 4.69) is 40.9 Å². The number of benzene rings is 2. The molecule has 0 amide bonds. The molecule has 2 N–H and O–H groups in total. The predicted molar refractivity (Wildman–Crippen MR) is 112 cm³/mol. The molecule has 27 heavy (non-hydrogen) atoms. The summed E-state index contributed by atoms with van der Waals surface area (Å²) >= 11 is 1.75. The number of aromatic nitrogens is 1. The minimum Gasteiger partial charge on any atom is -0.408 e. The largest absolute Gasteiger partial charge is 0.419 e. The van der Waals surface area contributed by atoms with Crippen LogP contribution in [0.15, 0.2) is 51.7 Å². The zero-order valence-electron chi connectivity index (χ0n) is 15.6. The first-order valence-corrected chi connectivity index (χ1v) is 9.61. The van der Waals surface area contributed by atoms with E-state index in [1.54, 1.807) is 19.0 Å². The molecule has 0 fully saturated rings. The molecule has 0 bridgehead atoms. The van der Waals surface area contributed by atoms with Crippen LogP contribution in [-0.2, 0) is 13.5 Å². The van der Waals surface area contributed by atoms with Crippen LogP contribution in [0.3, 0.4) is 0 Å². The number of nitriles is 1. The van der Waals surface area contributed by atoms with Gasteiger partial charge in [0.15, 0.2) is 5.58 Å². The number of aryl methyl sites for hydroxylation is 1. The Bertz CT molecular complexity index is 929. The maximum atomic E-state index is 11.6. The van der Waals surface area contributed by atoms with E-state index in [-0.39, 0.29) is 5.76 Å². The van der Waals surface area contributed by atoms with Crippen molar-refractivity contribution in [3.63, 3.8) is 0 Å². The quantitative estimate of drug-likeness (QED) is 0.459. The summed E-state index contributed by atoms with van der Waals surface area (Å²) in [7, 11) is 3.69. The van der Waals surface area contributed by atoms with Gasteiger partial charge < -0.3 is 9.73 Å². The van der Waals surface area contributed by atoms with E-state index in [1.165, 1.54) is 10.1 Å². The molecule has 0 aliphatic carbocycles. The highest BCUT2D eigenvalue weighted by Crippen LogP contribution is 2.24. The summed E-state index contributed by atoms with van der Waals surface area (Å²) in [5.74, 6) is 0.733. The van der Waals surface area contributed by atoms with Crippen LogP contribution in [0.1, 0.15) is 5.56 Å². The van der Waals surface area contributed by atoms with Gasteiger partial charge in [-0.3, -0.25) is 9.29 Å². The van der Waals surface area contributed by atoms with Crippen LogP contribution in [0.4, 0.5) is 0 Å². The molecule has 0 spiro atoms. The van der Waals surface area contributed by atoms with E-state index in [0.717, 1.165) is 41.9 Å². The summed E-state index contributed by atoms with van der Waals surface area (Å²) in [4.78, 5) is 11.6. The summed E-state index contributed by atoms with van der Waals surface area (Å²) < 4.78 is 10.1. The Morgan fingerprint density at radius 1 is 1.11 bits per heavy atom. The topological polar surface area (TPSA) is 83.0 Å². The van der Waals surface area contributed by atoms with Crippen molar-refractivity contribution in [3.8, 4) is 17.7 Å². The lowest BCUT2D eigenvalue weighted by atomic mass is 10.0. The minimum absolute atomic E-state index is 0.331.